The van der Waals surface area contributed by atoms with E-state index in [1.54, 1.807) is 6.08 Å². The van der Waals surface area contributed by atoms with Crippen molar-refractivity contribution >= 4 is 35.1 Å². The van der Waals surface area contributed by atoms with Crippen LogP contribution in [0.25, 0.3) is 6.08 Å². The van der Waals surface area contributed by atoms with Gasteiger partial charge in [0, 0.05) is 30.4 Å². The molecular formula is C21H21N3O3. The van der Waals surface area contributed by atoms with Crippen LogP contribution in [0.2, 0.25) is 0 Å². The Morgan fingerprint density at radius 2 is 1.85 bits per heavy atom. The molecule has 0 saturated carbocycles. The molecule has 3 rings (SSSR count). The Bertz CT molecular complexity index is 862. The highest BCUT2D eigenvalue weighted by molar-refractivity contribution is 5.88. The second-order valence-corrected chi connectivity index (χ2v) is 5.85. The van der Waals surface area contributed by atoms with E-state index in [9.17, 15) is 4.79 Å². The minimum Gasteiger partial charge on any atom is -0.466 e. The zero-order valence-electron chi connectivity index (χ0n) is 15.2. The van der Waals surface area contributed by atoms with Crippen LogP contribution in [0.5, 0.6) is 0 Å². The number of ether oxygens (including phenoxy) is 2. The Kier molecular flexibility index (Phi) is 6.52. The van der Waals surface area contributed by atoms with Gasteiger partial charge in [0.2, 0.25) is 0 Å². The largest absolute Gasteiger partial charge is 0.466 e. The van der Waals surface area contributed by atoms with Crippen molar-refractivity contribution in [2.24, 2.45) is 9.98 Å². The predicted molar refractivity (Wildman–Crippen MR) is 106 cm³/mol. The van der Waals surface area contributed by atoms with Crippen molar-refractivity contribution in [1.29, 1.82) is 0 Å². The van der Waals surface area contributed by atoms with E-state index < -0.39 is 5.97 Å². The summed E-state index contributed by atoms with van der Waals surface area (Å²) in [7, 11) is 1.34. The molecule has 0 amide bonds. The number of aliphatic imine (C=N–C) groups is 2. The summed E-state index contributed by atoms with van der Waals surface area (Å²) in [5.41, 5.74) is 3.39. The van der Waals surface area contributed by atoms with Gasteiger partial charge in [-0.25, -0.2) is 4.79 Å². The van der Waals surface area contributed by atoms with E-state index in [2.05, 4.69) is 25.6 Å². The summed E-state index contributed by atoms with van der Waals surface area (Å²) in [6, 6.07) is 18.1. The minimum absolute atomic E-state index is 0.414. The van der Waals surface area contributed by atoms with E-state index in [1.807, 2.05) is 48.5 Å². The van der Waals surface area contributed by atoms with Gasteiger partial charge in [-0.05, 0) is 36.4 Å². The minimum atomic E-state index is -0.414. The molecule has 6 nitrogen and oxygen atoms in total. The van der Waals surface area contributed by atoms with E-state index in [4.69, 9.17) is 4.74 Å². The molecule has 2 aromatic carbocycles. The molecule has 1 fully saturated rings. The monoisotopic (exact) mass is 363 g/mol. The molecule has 0 N–H and O–H groups in total. The summed E-state index contributed by atoms with van der Waals surface area (Å²) < 4.78 is 9.98. The molecular weight excluding hydrogens is 342 g/mol. The Morgan fingerprint density at radius 3 is 2.59 bits per heavy atom. The number of nitrogens with zero attached hydrogens (tertiary/aromatic N) is 3. The molecule has 2 aromatic rings. The van der Waals surface area contributed by atoms with Crippen molar-refractivity contribution in [2.75, 3.05) is 38.3 Å². The maximum Gasteiger partial charge on any atom is 0.330 e. The Balaban J connectivity index is 1.71. The van der Waals surface area contributed by atoms with Crippen LogP contribution < -0.4 is 4.90 Å². The van der Waals surface area contributed by atoms with Gasteiger partial charge in [0.15, 0.2) is 0 Å². The summed E-state index contributed by atoms with van der Waals surface area (Å²) in [5.74, 6) is -0.414. The van der Waals surface area contributed by atoms with Crippen molar-refractivity contribution in [2.45, 2.75) is 0 Å². The molecule has 138 valence electrons. The lowest BCUT2D eigenvalue weighted by Crippen LogP contribution is -2.36. The fraction of sp³-hybridized carbons (Fsp3) is 0.238. The fourth-order valence-corrected chi connectivity index (χ4v) is 2.65. The summed E-state index contributed by atoms with van der Waals surface area (Å²) in [6.45, 7) is 3.33. The third kappa shape index (κ3) is 5.38. The van der Waals surface area contributed by atoms with Gasteiger partial charge in [0.05, 0.1) is 31.7 Å². The van der Waals surface area contributed by atoms with Gasteiger partial charge in [0.1, 0.15) is 6.01 Å². The van der Waals surface area contributed by atoms with Crippen LogP contribution in [-0.2, 0) is 14.3 Å². The molecule has 0 spiro atoms. The average molecular weight is 363 g/mol. The number of benzene rings is 2. The maximum absolute atomic E-state index is 11.3. The van der Waals surface area contributed by atoms with E-state index in [0.717, 1.165) is 43.2 Å². The van der Waals surface area contributed by atoms with Crippen molar-refractivity contribution in [3.8, 4) is 0 Å². The van der Waals surface area contributed by atoms with Crippen molar-refractivity contribution in [1.82, 2.24) is 0 Å². The first-order chi connectivity index (χ1) is 13.3. The molecule has 0 unspecified atom stereocenters. The zero-order chi connectivity index (χ0) is 18.9. The number of rotatable bonds is 5. The number of methoxy groups -OCH3 is 1. The zero-order valence-corrected chi connectivity index (χ0v) is 15.2. The van der Waals surface area contributed by atoms with Gasteiger partial charge in [-0.15, -0.1) is 0 Å². The number of carbonyl (C=O) groups is 1. The van der Waals surface area contributed by atoms with E-state index in [0.29, 0.717) is 5.69 Å². The van der Waals surface area contributed by atoms with Crippen LogP contribution in [0.3, 0.4) is 0 Å². The quantitative estimate of drug-likeness (QED) is 0.460. The number of carbonyl (C=O) groups excluding carboxylic acids is 1. The van der Waals surface area contributed by atoms with Crippen LogP contribution >= 0.6 is 0 Å². The number of morpholine rings is 1. The molecule has 0 bridgehead atoms. The number of anilines is 1. The van der Waals surface area contributed by atoms with E-state index >= 15 is 0 Å². The molecule has 0 atom stereocenters. The van der Waals surface area contributed by atoms with Gasteiger partial charge in [-0.3, -0.25) is 0 Å². The van der Waals surface area contributed by atoms with E-state index in [-0.39, 0.29) is 0 Å². The highest BCUT2D eigenvalue weighted by Crippen LogP contribution is 2.22. The van der Waals surface area contributed by atoms with Crippen molar-refractivity contribution in [3.05, 3.63) is 60.2 Å². The summed E-state index contributed by atoms with van der Waals surface area (Å²) >= 11 is 0. The predicted octanol–water partition coefficient (Wildman–Crippen LogP) is 3.85. The normalized spacial score (nSPS) is 13.9. The standard InChI is InChI=1S/C21H21N3O3/c1-26-21(25)11-6-17-4-2-3-5-20(17)23-16-22-18-7-9-19(10-8-18)24-12-14-27-15-13-24/h2-11H,12-15H2,1H3/b11-6+. The summed E-state index contributed by atoms with van der Waals surface area (Å²) in [4.78, 5) is 22.1. The van der Waals surface area contributed by atoms with E-state index in [1.165, 1.54) is 13.2 Å². The number of para-hydroxylation sites is 1. The first-order valence-corrected chi connectivity index (χ1v) is 8.70. The summed E-state index contributed by atoms with van der Waals surface area (Å²) in [6.07, 6.45) is 3.01. The Labute approximate surface area is 158 Å². The number of hydrogen-bond donors (Lipinski definition) is 0. The van der Waals surface area contributed by atoms with Gasteiger partial charge in [-0.2, -0.15) is 9.98 Å². The van der Waals surface area contributed by atoms with Crippen LogP contribution in [0.4, 0.5) is 17.1 Å². The molecule has 1 saturated heterocycles. The molecule has 1 aliphatic rings. The molecule has 6 heteroatoms. The first-order valence-electron chi connectivity index (χ1n) is 8.70. The van der Waals surface area contributed by atoms with Crippen LogP contribution in [0.15, 0.2) is 64.6 Å². The second kappa shape index (κ2) is 9.48. The van der Waals surface area contributed by atoms with Gasteiger partial charge >= 0.3 is 5.97 Å². The average Bonchev–Trinajstić information content (AvgIpc) is 2.74. The topological polar surface area (TPSA) is 63.5 Å². The summed E-state index contributed by atoms with van der Waals surface area (Å²) in [5, 5.41) is 0. The van der Waals surface area contributed by atoms with Gasteiger partial charge in [-0.1, -0.05) is 18.2 Å². The SMILES string of the molecule is COC(=O)/C=C/c1ccccc1N=C=Nc1ccc(N2CCOCC2)cc1. The highest BCUT2D eigenvalue weighted by Gasteiger charge is 2.10. The number of esters is 1. The second-order valence-electron chi connectivity index (χ2n) is 5.85. The van der Waals surface area contributed by atoms with Crippen LogP contribution in [0.1, 0.15) is 5.56 Å². The third-order valence-corrected chi connectivity index (χ3v) is 4.11. The lowest BCUT2D eigenvalue weighted by atomic mass is 10.1. The van der Waals surface area contributed by atoms with Crippen molar-refractivity contribution < 1.29 is 14.3 Å². The Morgan fingerprint density at radius 1 is 1.11 bits per heavy atom. The molecule has 1 aliphatic heterocycles. The number of hydrogen-bond acceptors (Lipinski definition) is 6. The highest BCUT2D eigenvalue weighted by atomic mass is 16.5. The molecule has 0 radical (unpaired) electrons. The van der Waals surface area contributed by atoms with Crippen molar-refractivity contribution in [3.63, 3.8) is 0 Å². The maximum atomic E-state index is 11.3. The molecule has 27 heavy (non-hydrogen) atoms. The fourth-order valence-electron chi connectivity index (χ4n) is 2.65. The molecule has 0 aliphatic carbocycles. The molecule has 1 heterocycles. The van der Waals surface area contributed by atoms with Crippen LogP contribution in [-0.4, -0.2) is 45.4 Å². The lowest BCUT2D eigenvalue weighted by Gasteiger charge is -2.28. The van der Waals surface area contributed by atoms with Crippen LogP contribution in [0, 0.1) is 0 Å². The van der Waals surface area contributed by atoms with Gasteiger partial charge in [0.25, 0.3) is 0 Å². The first kappa shape index (κ1) is 18.6. The smallest absolute Gasteiger partial charge is 0.330 e. The molecule has 0 aromatic heterocycles. The van der Waals surface area contributed by atoms with Gasteiger partial charge < -0.3 is 14.4 Å². The third-order valence-electron chi connectivity index (χ3n) is 4.11. The lowest BCUT2D eigenvalue weighted by molar-refractivity contribution is -0.134. The Hall–Kier alpha value is -3.21.